The number of likely N-dealkylation sites (tertiary alicyclic amines) is 1. The first-order chi connectivity index (χ1) is 19.0. The maximum absolute atomic E-state index is 13.4. The predicted octanol–water partition coefficient (Wildman–Crippen LogP) is 1.51. The molecule has 1 aliphatic carbocycles. The normalized spacial score (nSPS) is 23.6. The molecule has 2 saturated heterocycles. The summed E-state index contributed by atoms with van der Waals surface area (Å²) in [7, 11) is -4.11. The molecule has 0 spiro atoms. The number of nitrogens with one attached hydrogen (secondary N) is 1. The number of nitrogens with two attached hydrogens (primary N) is 1. The fourth-order valence-corrected chi connectivity index (χ4v) is 6.86. The van der Waals surface area contributed by atoms with Crippen LogP contribution in [0, 0.1) is 12.8 Å². The zero-order valence-corrected chi connectivity index (χ0v) is 23.6. The van der Waals surface area contributed by atoms with Crippen molar-refractivity contribution in [2.24, 2.45) is 11.7 Å². The van der Waals surface area contributed by atoms with Gasteiger partial charge < -0.3 is 20.4 Å². The molecule has 0 bridgehead atoms. The first-order valence-electron chi connectivity index (χ1n) is 13.5. The van der Waals surface area contributed by atoms with E-state index in [1.54, 1.807) is 21.9 Å². The molecule has 1 unspecified atom stereocenters. The Hall–Kier alpha value is -3.54. The molecule has 2 aliphatic heterocycles. The van der Waals surface area contributed by atoms with Crippen LogP contribution < -0.4 is 10.5 Å². The van der Waals surface area contributed by atoms with E-state index in [4.69, 9.17) is 5.73 Å². The van der Waals surface area contributed by atoms with Crippen molar-refractivity contribution < 1.29 is 22.8 Å². The number of hydrogen-bond donors (Lipinski definition) is 2. The highest BCUT2D eigenvalue weighted by atomic mass is 32.2. The summed E-state index contributed by atoms with van der Waals surface area (Å²) in [5.74, 6) is -0.822. The van der Waals surface area contributed by atoms with Gasteiger partial charge in [-0.15, -0.1) is 0 Å². The number of sulfonamides is 1. The molecule has 2 atom stereocenters. The minimum absolute atomic E-state index is 0.0145. The van der Waals surface area contributed by atoms with Crippen LogP contribution in [0.3, 0.4) is 0 Å². The molecule has 5 rings (SSSR count). The molecular weight excluding hydrogens is 530 g/mol. The third-order valence-electron chi connectivity index (χ3n) is 7.92. The number of fused-ring (bicyclic) bond motifs is 1. The highest BCUT2D eigenvalue weighted by Gasteiger charge is 2.44. The highest BCUT2D eigenvalue weighted by Crippen LogP contribution is 2.25. The average molecular weight is 566 g/mol. The molecule has 3 N–H and O–H groups in total. The average Bonchev–Trinajstić information content (AvgIpc) is 3.36. The van der Waals surface area contributed by atoms with Crippen molar-refractivity contribution in [2.75, 3.05) is 39.3 Å². The van der Waals surface area contributed by atoms with E-state index in [2.05, 4.69) is 4.72 Å². The molecule has 2 heterocycles. The fourth-order valence-electron chi connectivity index (χ4n) is 5.55. The van der Waals surface area contributed by atoms with E-state index in [-0.39, 0.29) is 35.6 Å². The number of rotatable bonds is 6. The predicted molar refractivity (Wildman–Crippen MR) is 151 cm³/mol. The maximum atomic E-state index is 13.4. The largest absolute Gasteiger partial charge is 0.338 e. The SMILES string of the molecule is Cc1ccc2cc(S(=O)(=O)N[C@@]3(N)CCCN(CC(=O)N4CCN(C(=O)C5=CC=CC5C)CC4)C3=O)ccc2c1. The van der Waals surface area contributed by atoms with Crippen molar-refractivity contribution in [3.63, 3.8) is 0 Å². The molecule has 10 nitrogen and oxygen atoms in total. The van der Waals surface area contributed by atoms with Gasteiger partial charge in [0.15, 0.2) is 5.66 Å². The number of amides is 3. The van der Waals surface area contributed by atoms with Gasteiger partial charge in [0.1, 0.15) is 0 Å². The van der Waals surface area contributed by atoms with Crippen molar-refractivity contribution >= 4 is 38.5 Å². The standard InChI is InChI=1S/C29H35N5O5S/c1-20-7-8-23-18-24(10-9-22(23)17-20)40(38,39)31-29(30)11-4-12-34(28(29)37)19-26(35)32-13-15-33(16-14-32)27(36)25-6-3-5-21(25)2/h3,5-10,17-18,21,31H,4,11-16,19,30H2,1-2H3/t21?,29-/m0/s1. The number of carbonyl (C=O) groups excluding carboxylic acids is 3. The van der Waals surface area contributed by atoms with Crippen LogP contribution in [0.5, 0.6) is 0 Å². The lowest BCUT2D eigenvalue weighted by molar-refractivity contribution is -0.148. The molecule has 2 aromatic carbocycles. The van der Waals surface area contributed by atoms with Gasteiger partial charge in [-0.1, -0.05) is 55.0 Å². The summed E-state index contributed by atoms with van der Waals surface area (Å²) in [5.41, 5.74) is 6.32. The summed E-state index contributed by atoms with van der Waals surface area (Å²) in [5, 5.41) is 1.67. The number of hydrogen-bond acceptors (Lipinski definition) is 6. The second-order valence-electron chi connectivity index (χ2n) is 10.9. The second kappa shape index (κ2) is 10.8. The van der Waals surface area contributed by atoms with E-state index >= 15 is 0 Å². The van der Waals surface area contributed by atoms with E-state index in [0.29, 0.717) is 39.1 Å². The van der Waals surface area contributed by atoms with Crippen molar-refractivity contribution in [1.82, 2.24) is 19.4 Å². The molecule has 2 fully saturated rings. The van der Waals surface area contributed by atoms with Crippen LogP contribution in [0.25, 0.3) is 10.8 Å². The molecule has 11 heteroatoms. The smallest absolute Gasteiger partial charge is 0.258 e. The Morgan fingerprint density at radius 3 is 2.40 bits per heavy atom. The Kier molecular flexibility index (Phi) is 7.56. The van der Waals surface area contributed by atoms with Gasteiger partial charge in [0.05, 0.1) is 11.4 Å². The monoisotopic (exact) mass is 565 g/mol. The van der Waals surface area contributed by atoms with Crippen LogP contribution in [0.15, 0.2) is 65.1 Å². The van der Waals surface area contributed by atoms with Gasteiger partial charge in [-0.3, -0.25) is 14.4 Å². The van der Waals surface area contributed by atoms with E-state index in [1.165, 1.54) is 11.0 Å². The third kappa shape index (κ3) is 5.54. The summed E-state index contributed by atoms with van der Waals surface area (Å²) >= 11 is 0. The number of aryl methyl sites for hydroxylation is 1. The quantitative estimate of drug-likeness (QED) is 0.510. The third-order valence-corrected chi connectivity index (χ3v) is 9.43. The van der Waals surface area contributed by atoms with Crippen molar-refractivity contribution in [3.05, 3.63) is 65.8 Å². The van der Waals surface area contributed by atoms with Crippen LogP contribution in [-0.2, 0) is 24.4 Å². The van der Waals surface area contributed by atoms with Gasteiger partial charge in [-0.25, -0.2) is 8.42 Å². The topological polar surface area (TPSA) is 133 Å². The van der Waals surface area contributed by atoms with Gasteiger partial charge >= 0.3 is 0 Å². The molecular formula is C29H35N5O5S. The lowest BCUT2D eigenvalue weighted by Crippen LogP contribution is -2.68. The number of carbonyl (C=O) groups is 3. The molecule has 0 saturated carbocycles. The number of piperidine rings is 1. The van der Waals surface area contributed by atoms with Crippen molar-refractivity contribution in [3.8, 4) is 0 Å². The lowest BCUT2D eigenvalue weighted by atomic mass is 9.99. The van der Waals surface area contributed by atoms with E-state index in [1.807, 2.05) is 50.3 Å². The van der Waals surface area contributed by atoms with E-state index < -0.39 is 21.6 Å². The molecule has 2 aromatic rings. The zero-order chi connectivity index (χ0) is 28.7. The number of allylic oxidation sites excluding steroid dienone is 3. The summed E-state index contributed by atoms with van der Waals surface area (Å²) in [6.45, 7) is 5.59. The first kappa shape index (κ1) is 28.0. The highest BCUT2D eigenvalue weighted by molar-refractivity contribution is 7.89. The second-order valence-corrected chi connectivity index (χ2v) is 12.6. The Morgan fingerprint density at radius 2 is 1.70 bits per heavy atom. The van der Waals surface area contributed by atoms with Gasteiger partial charge in [0.2, 0.25) is 21.8 Å². The molecule has 3 aliphatic rings. The summed E-state index contributed by atoms with van der Waals surface area (Å²) in [6, 6.07) is 10.5. The van der Waals surface area contributed by atoms with Gasteiger partial charge in [-0.05, 0) is 42.7 Å². The number of benzene rings is 2. The molecule has 40 heavy (non-hydrogen) atoms. The number of piperazine rings is 1. The lowest BCUT2D eigenvalue weighted by Gasteiger charge is -2.40. The fraction of sp³-hybridized carbons (Fsp3) is 0.414. The molecule has 3 amide bonds. The van der Waals surface area contributed by atoms with Gasteiger partial charge in [0, 0.05) is 44.2 Å². The molecule has 212 valence electrons. The first-order valence-corrected chi connectivity index (χ1v) is 15.0. The summed E-state index contributed by atoms with van der Waals surface area (Å²) < 4.78 is 28.9. The Morgan fingerprint density at radius 1 is 1.02 bits per heavy atom. The maximum Gasteiger partial charge on any atom is 0.258 e. The molecule has 0 radical (unpaired) electrons. The van der Waals surface area contributed by atoms with Gasteiger partial charge in [-0.2, -0.15) is 4.72 Å². The van der Waals surface area contributed by atoms with Crippen LogP contribution in [0.2, 0.25) is 0 Å². The van der Waals surface area contributed by atoms with Crippen molar-refractivity contribution in [2.45, 2.75) is 37.2 Å². The minimum Gasteiger partial charge on any atom is -0.338 e. The van der Waals surface area contributed by atoms with Crippen LogP contribution >= 0.6 is 0 Å². The minimum atomic E-state index is -4.11. The summed E-state index contributed by atoms with van der Waals surface area (Å²) in [4.78, 5) is 44.0. The van der Waals surface area contributed by atoms with E-state index in [9.17, 15) is 22.8 Å². The van der Waals surface area contributed by atoms with Crippen LogP contribution in [0.4, 0.5) is 0 Å². The summed E-state index contributed by atoms with van der Waals surface area (Å²) in [6.07, 6.45) is 6.25. The number of nitrogens with zero attached hydrogens (tertiary/aromatic N) is 3. The Balaban J connectivity index is 1.21. The Bertz CT molecular complexity index is 1530. The molecule has 0 aromatic heterocycles. The van der Waals surface area contributed by atoms with Crippen LogP contribution in [0.1, 0.15) is 25.3 Å². The Labute approximate surface area is 234 Å². The van der Waals surface area contributed by atoms with Gasteiger partial charge in [0.25, 0.3) is 5.91 Å². The van der Waals surface area contributed by atoms with E-state index in [0.717, 1.165) is 21.9 Å². The van der Waals surface area contributed by atoms with Crippen molar-refractivity contribution in [1.29, 1.82) is 0 Å². The van der Waals surface area contributed by atoms with Crippen LogP contribution in [-0.4, -0.2) is 85.8 Å². The zero-order valence-electron chi connectivity index (χ0n) is 22.8.